The van der Waals surface area contributed by atoms with Crippen LogP contribution in [0.3, 0.4) is 0 Å². The first-order valence-electron chi connectivity index (χ1n) is 7.84. The van der Waals surface area contributed by atoms with E-state index in [9.17, 15) is 13.2 Å². The fourth-order valence-corrected chi connectivity index (χ4v) is 3.54. The van der Waals surface area contributed by atoms with Crippen LogP contribution in [0.15, 0.2) is 47.4 Å². The molecule has 2 aromatic rings. The highest BCUT2D eigenvalue weighted by Gasteiger charge is 2.19. The zero-order valence-electron chi connectivity index (χ0n) is 13.7. The summed E-state index contributed by atoms with van der Waals surface area (Å²) in [4.78, 5) is 11.9. The molecule has 130 valence electrons. The van der Waals surface area contributed by atoms with Crippen molar-refractivity contribution in [2.45, 2.75) is 24.3 Å². The van der Waals surface area contributed by atoms with Crippen molar-refractivity contribution < 1.29 is 13.2 Å². The van der Waals surface area contributed by atoms with Crippen LogP contribution in [0.5, 0.6) is 0 Å². The lowest BCUT2D eigenvalue weighted by molar-refractivity contribution is -0.116. The molecule has 0 saturated heterocycles. The van der Waals surface area contributed by atoms with Crippen LogP contribution >= 0.6 is 0 Å². The van der Waals surface area contributed by atoms with Gasteiger partial charge in [-0.15, -0.1) is 0 Å². The van der Waals surface area contributed by atoms with E-state index in [0.29, 0.717) is 17.7 Å². The Morgan fingerprint density at radius 2 is 1.76 bits per heavy atom. The number of primary sulfonamides is 1. The Hall–Kier alpha value is -2.64. The number of carbonyl (C=O) groups excluding carboxylic acids is 1. The Kier molecular flexibility index (Phi) is 4.61. The largest absolute Gasteiger partial charge is 0.380 e. The summed E-state index contributed by atoms with van der Waals surface area (Å²) in [5.74, 6) is -0.0422. The standard InChI is InChI=1S/C18H19N3O3S/c1-12-11-17(22)21-15-7-4-6-14(18(15)20-12)10-9-13-5-2-3-8-16(13)25(19,23)24/h2-10,12,20H,11H2,1H3,(H,21,22)(H2,19,23,24)/t12-/m1/s1. The summed E-state index contributed by atoms with van der Waals surface area (Å²) in [6.07, 6.45) is 3.89. The summed E-state index contributed by atoms with van der Waals surface area (Å²) in [6, 6.07) is 12.1. The molecule has 3 rings (SSSR count). The van der Waals surface area contributed by atoms with Crippen LogP contribution in [0.2, 0.25) is 0 Å². The molecule has 1 aliphatic heterocycles. The molecule has 1 amide bonds. The number of rotatable bonds is 3. The molecule has 4 N–H and O–H groups in total. The molecule has 0 fully saturated rings. The molecule has 25 heavy (non-hydrogen) atoms. The van der Waals surface area contributed by atoms with Crippen LogP contribution < -0.4 is 15.8 Å². The van der Waals surface area contributed by atoms with E-state index in [1.54, 1.807) is 30.4 Å². The molecule has 0 aromatic heterocycles. The van der Waals surface area contributed by atoms with Gasteiger partial charge in [0.2, 0.25) is 15.9 Å². The van der Waals surface area contributed by atoms with E-state index < -0.39 is 10.0 Å². The average molecular weight is 357 g/mol. The van der Waals surface area contributed by atoms with E-state index in [2.05, 4.69) is 10.6 Å². The predicted molar refractivity (Wildman–Crippen MR) is 99.5 cm³/mol. The molecular weight excluding hydrogens is 338 g/mol. The van der Waals surface area contributed by atoms with Crippen molar-refractivity contribution in [3.8, 4) is 0 Å². The van der Waals surface area contributed by atoms with E-state index in [-0.39, 0.29) is 16.8 Å². The number of nitrogens with two attached hydrogens (primary N) is 1. The number of anilines is 2. The normalized spacial score (nSPS) is 17.5. The smallest absolute Gasteiger partial charge is 0.238 e. The predicted octanol–water partition coefficient (Wildman–Crippen LogP) is 2.65. The Labute approximate surface area is 146 Å². The van der Waals surface area contributed by atoms with Crippen LogP contribution in [-0.4, -0.2) is 20.4 Å². The molecule has 0 unspecified atom stereocenters. The van der Waals surface area contributed by atoms with Crippen molar-refractivity contribution >= 4 is 39.5 Å². The maximum Gasteiger partial charge on any atom is 0.238 e. The number of hydrogen-bond acceptors (Lipinski definition) is 4. The number of fused-ring (bicyclic) bond motifs is 1. The Morgan fingerprint density at radius 3 is 2.52 bits per heavy atom. The molecule has 6 nitrogen and oxygen atoms in total. The van der Waals surface area contributed by atoms with E-state index in [1.165, 1.54) is 6.07 Å². The summed E-state index contributed by atoms with van der Waals surface area (Å²) in [5.41, 5.74) is 2.87. The van der Waals surface area contributed by atoms with E-state index in [1.807, 2.05) is 25.1 Å². The van der Waals surface area contributed by atoms with Crippen LogP contribution in [0.1, 0.15) is 24.5 Å². The quantitative estimate of drug-likeness (QED) is 0.735. The number of hydrogen-bond donors (Lipinski definition) is 3. The molecule has 0 aliphatic carbocycles. The highest BCUT2D eigenvalue weighted by atomic mass is 32.2. The van der Waals surface area contributed by atoms with Gasteiger partial charge >= 0.3 is 0 Å². The monoisotopic (exact) mass is 357 g/mol. The Bertz CT molecular complexity index is 952. The molecule has 1 aliphatic rings. The third-order valence-corrected chi connectivity index (χ3v) is 4.91. The molecular formula is C18H19N3O3S. The molecule has 0 radical (unpaired) electrons. The number of carbonyl (C=O) groups is 1. The van der Waals surface area contributed by atoms with Crippen molar-refractivity contribution in [2.24, 2.45) is 5.14 Å². The van der Waals surface area contributed by atoms with Gasteiger partial charge in [-0.1, -0.05) is 42.5 Å². The van der Waals surface area contributed by atoms with E-state index in [0.717, 1.165) is 11.3 Å². The lowest BCUT2D eigenvalue weighted by Gasteiger charge is -2.14. The van der Waals surface area contributed by atoms with Crippen molar-refractivity contribution in [3.63, 3.8) is 0 Å². The van der Waals surface area contributed by atoms with Crippen molar-refractivity contribution in [2.75, 3.05) is 10.6 Å². The third kappa shape index (κ3) is 3.89. The lowest BCUT2D eigenvalue weighted by atomic mass is 10.1. The molecule has 0 spiro atoms. The van der Waals surface area contributed by atoms with Crippen LogP contribution in [0.4, 0.5) is 11.4 Å². The van der Waals surface area contributed by atoms with Gasteiger partial charge in [0.25, 0.3) is 0 Å². The van der Waals surface area contributed by atoms with Gasteiger partial charge in [0.1, 0.15) is 0 Å². The second-order valence-corrected chi connectivity index (χ2v) is 7.51. The van der Waals surface area contributed by atoms with Crippen molar-refractivity contribution in [1.82, 2.24) is 0 Å². The number of amides is 1. The molecule has 1 heterocycles. The van der Waals surface area contributed by atoms with Gasteiger partial charge in [0.15, 0.2) is 0 Å². The number of benzene rings is 2. The van der Waals surface area contributed by atoms with Gasteiger partial charge in [-0.25, -0.2) is 13.6 Å². The first-order chi connectivity index (χ1) is 11.8. The first-order valence-corrected chi connectivity index (χ1v) is 9.38. The zero-order chi connectivity index (χ0) is 18.0. The summed E-state index contributed by atoms with van der Waals surface area (Å²) >= 11 is 0. The molecule has 2 aromatic carbocycles. The molecule has 1 atom stereocenters. The minimum Gasteiger partial charge on any atom is -0.380 e. The highest BCUT2D eigenvalue weighted by Crippen LogP contribution is 2.31. The molecule has 0 bridgehead atoms. The van der Waals surface area contributed by atoms with Crippen molar-refractivity contribution in [1.29, 1.82) is 0 Å². The second-order valence-electron chi connectivity index (χ2n) is 5.98. The van der Waals surface area contributed by atoms with Crippen LogP contribution in [-0.2, 0) is 14.8 Å². The van der Waals surface area contributed by atoms with Gasteiger partial charge in [-0.05, 0) is 30.2 Å². The van der Waals surface area contributed by atoms with E-state index >= 15 is 0 Å². The molecule has 0 saturated carbocycles. The molecule has 7 heteroatoms. The fraction of sp³-hybridized carbons (Fsp3) is 0.167. The lowest BCUT2D eigenvalue weighted by Crippen LogP contribution is -2.19. The Balaban J connectivity index is 2.02. The van der Waals surface area contributed by atoms with Crippen LogP contribution in [0.25, 0.3) is 12.2 Å². The first kappa shape index (κ1) is 17.2. The third-order valence-electron chi connectivity index (χ3n) is 3.92. The summed E-state index contributed by atoms with van der Waals surface area (Å²) in [7, 11) is -3.80. The van der Waals surface area contributed by atoms with Gasteiger partial charge in [0.05, 0.1) is 16.3 Å². The minimum atomic E-state index is -3.80. The second kappa shape index (κ2) is 6.70. The summed E-state index contributed by atoms with van der Waals surface area (Å²) in [6.45, 7) is 1.94. The minimum absolute atomic E-state index is 0.00694. The summed E-state index contributed by atoms with van der Waals surface area (Å²) < 4.78 is 23.4. The topological polar surface area (TPSA) is 101 Å². The van der Waals surface area contributed by atoms with E-state index in [4.69, 9.17) is 5.14 Å². The Morgan fingerprint density at radius 1 is 1.08 bits per heavy atom. The van der Waals surface area contributed by atoms with Crippen LogP contribution in [0, 0.1) is 0 Å². The maximum absolute atomic E-state index is 11.9. The number of para-hydroxylation sites is 1. The SMILES string of the molecule is C[C@@H]1CC(=O)Nc2cccc(C=Cc3ccccc3S(N)(=O)=O)c2N1. The zero-order valence-corrected chi connectivity index (χ0v) is 14.5. The van der Waals surface area contributed by atoms with Gasteiger partial charge in [-0.2, -0.15) is 0 Å². The highest BCUT2D eigenvalue weighted by molar-refractivity contribution is 7.89. The van der Waals surface area contributed by atoms with Gasteiger partial charge in [0, 0.05) is 12.5 Å². The summed E-state index contributed by atoms with van der Waals surface area (Å²) in [5, 5.41) is 11.5. The van der Waals surface area contributed by atoms with Gasteiger partial charge in [-0.3, -0.25) is 4.79 Å². The fourth-order valence-electron chi connectivity index (χ4n) is 2.81. The average Bonchev–Trinajstić information content (AvgIpc) is 2.69. The maximum atomic E-state index is 11.9. The number of sulfonamides is 1. The van der Waals surface area contributed by atoms with Crippen molar-refractivity contribution in [3.05, 3.63) is 53.6 Å². The van der Waals surface area contributed by atoms with Gasteiger partial charge < -0.3 is 10.6 Å². The number of nitrogens with one attached hydrogen (secondary N) is 2.